The van der Waals surface area contributed by atoms with E-state index in [-0.39, 0.29) is 5.78 Å². The molecule has 0 aromatic heterocycles. The Morgan fingerprint density at radius 2 is 1.61 bits per heavy atom. The number of rotatable bonds is 7. The van der Waals surface area contributed by atoms with Gasteiger partial charge in [-0.25, -0.2) is 0 Å². The van der Waals surface area contributed by atoms with Crippen molar-refractivity contribution >= 4 is 46.3 Å². The van der Waals surface area contributed by atoms with Gasteiger partial charge in [0.1, 0.15) is 5.75 Å². The minimum absolute atomic E-state index is 0.0688. The molecule has 6 heteroatoms. The number of methoxy groups -OCH3 is 1. The molecule has 0 radical (unpaired) electrons. The molecular formula is C22H20N2O2S2. The molecule has 0 atom stereocenters. The number of para-hydroxylation sites is 1. The summed E-state index contributed by atoms with van der Waals surface area (Å²) < 4.78 is 5.17. The Labute approximate surface area is 174 Å². The van der Waals surface area contributed by atoms with Crippen molar-refractivity contribution in [2.24, 2.45) is 0 Å². The molecule has 3 aromatic rings. The van der Waals surface area contributed by atoms with Crippen molar-refractivity contribution in [2.45, 2.75) is 4.90 Å². The lowest BCUT2D eigenvalue weighted by Gasteiger charge is -2.11. The third kappa shape index (κ3) is 5.84. The van der Waals surface area contributed by atoms with Crippen LogP contribution in [0.15, 0.2) is 83.8 Å². The number of carbonyl (C=O) groups is 1. The number of hydrogen-bond acceptors (Lipinski definition) is 4. The lowest BCUT2D eigenvalue weighted by molar-refractivity contribution is 0.102. The zero-order valence-electron chi connectivity index (χ0n) is 15.3. The molecule has 0 saturated carbocycles. The number of Topliss-reactive ketones (excluding diaryl/α,β-unsaturated/α-hetero) is 1. The van der Waals surface area contributed by atoms with Gasteiger partial charge in [0, 0.05) is 21.8 Å². The summed E-state index contributed by atoms with van der Waals surface area (Å²) in [5.74, 6) is 1.12. The highest BCUT2D eigenvalue weighted by Gasteiger charge is 2.08. The van der Waals surface area contributed by atoms with Crippen molar-refractivity contribution < 1.29 is 9.53 Å². The van der Waals surface area contributed by atoms with E-state index in [1.807, 2.05) is 66.7 Å². The molecule has 0 aliphatic heterocycles. The van der Waals surface area contributed by atoms with Gasteiger partial charge in [0.05, 0.1) is 12.9 Å². The Morgan fingerprint density at radius 1 is 0.929 bits per heavy atom. The number of benzene rings is 3. The van der Waals surface area contributed by atoms with Gasteiger partial charge in [0.2, 0.25) is 0 Å². The van der Waals surface area contributed by atoms with Crippen molar-refractivity contribution in [2.75, 3.05) is 23.5 Å². The molecule has 3 aromatic carbocycles. The normalized spacial score (nSPS) is 10.2. The van der Waals surface area contributed by atoms with Crippen molar-refractivity contribution in [3.63, 3.8) is 0 Å². The second kappa shape index (κ2) is 9.92. The molecule has 0 spiro atoms. The smallest absolute Gasteiger partial charge is 0.175 e. The van der Waals surface area contributed by atoms with E-state index in [1.165, 1.54) is 11.8 Å². The molecule has 3 rings (SSSR count). The molecule has 0 fully saturated rings. The van der Waals surface area contributed by atoms with Crippen LogP contribution < -0.4 is 15.4 Å². The number of thiocarbonyl (C=S) groups is 1. The van der Waals surface area contributed by atoms with Gasteiger partial charge in [-0.05, 0) is 60.7 Å². The molecule has 0 bridgehead atoms. The van der Waals surface area contributed by atoms with E-state index in [4.69, 9.17) is 17.0 Å². The maximum atomic E-state index is 12.4. The summed E-state index contributed by atoms with van der Waals surface area (Å²) in [6, 6.07) is 24.8. The Kier molecular flexibility index (Phi) is 7.06. The summed E-state index contributed by atoms with van der Waals surface area (Å²) in [4.78, 5) is 13.4. The van der Waals surface area contributed by atoms with Crippen molar-refractivity contribution in [3.05, 3.63) is 84.4 Å². The number of ether oxygens (including phenoxy) is 1. The zero-order valence-corrected chi connectivity index (χ0v) is 17.0. The van der Waals surface area contributed by atoms with Crippen LogP contribution in [0.4, 0.5) is 11.4 Å². The number of carbonyl (C=O) groups excluding carboxylic acids is 1. The van der Waals surface area contributed by atoms with Crippen LogP contribution in [-0.4, -0.2) is 23.8 Å². The van der Waals surface area contributed by atoms with Gasteiger partial charge in [-0.2, -0.15) is 0 Å². The van der Waals surface area contributed by atoms with E-state index in [2.05, 4.69) is 10.6 Å². The number of ketones is 1. The second-order valence-electron chi connectivity index (χ2n) is 5.91. The summed E-state index contributed by atoms with van der Waals surface area (Å²) in [7, 11) is 1.59. The lowest BCUT2D eigenvalue weighted by atomic mass is 10.1. The summed E-state index contributed by atoms with van der Waals surface area (Å²) in [5, 5.41) is 6.81. The maximum Gasteiger partial charge on any atom is 0.175 e. The predicted octanol–water partition coefficient (Wildman–Crippen LogP) is 5.48. The third-order valence-corrected chi connectivity index (χ3v) is 5.12. The van der Waals surface area contributed by atoms with Crippen LogP contribution in [0.5, 0.6) is 5.75 Å². The fourth-order valence-electron chi connectivity index (χ4n) is 2.48. The molecule has 0 heterocycles. The van der Waals surface area contributed by atoms with Crippen LogP contribution in [-0.2, 0) is 0 Å². The minimum atomic E-state index is 0.0688. The number of nitrogens with one attached hydrogen (secondary N) is 2. The first-order chi connectivity index (χ1) is 13.6. The summed E-state index contributed by atoms with van der Waals surface area (Å²) in [6.07, 6.45) is 0. The van der Waals surface area contributed by atoms with E-state index in [0.717, 1.165) is 16.3 Å². The molecule has 0 aliphatic carbocycles. The van der Waals surface area contributed by atoms with Gasteiger partial charge in [0.15, 0.2) is 10.9 Å². The van der Waals surface area contributed by atoms with Crippen LogP contribution in [0.2, 0.25) is 0 Å². The highest BCUT2D eigenvalue weighted by molar-refractivity contribution is 8.00. The van der Waals surface area contributed by atoms with Crippen LogP contribution >= 0.6 is 24.0 Å². The quantitative estimate of drug-likeness (QED) is 0.307. The second-order valence-corrected chi connectivity index (χ2v) is 7.37. The first-order valence-corrected chi connectivity index (χ1v) is 10.1. The number of anilines is 2. The zero-order chi connectivity index (χ0) is 19.8. The molecule has 2 N–H and O–H groups in total. The molecule has 28 heavy (non-hydrogen) atoms. The number of hydrogen-bond donors (Lipinski definition) is 2. The first kappa shape index (κ1) is 19.9. The standard InChI is InChI=1S/C22H20N2O2S2/c1-26-19-9-5-6-16(14-19)21(25)15-28-20-12-10-18(11-13-20)24-22(27)23-17-7-3-2-4-8-17/h2-14H,15H2,1H3,(H2,23,24,27). The van der Waals surface area contributed by atoms with E-state index in [0.29, 0.717) is 22.2 Å². The van der Waals surface area contributed by atoms with Gasteiger partial charge in [-0.3, -0.25) is 4.79 Å². The number of thioether (sulfide) groups is 1. The van der Waals surface area contributed by atoms with Crippen LogP contribution in [0.1, 0.15) is 10.4 Å². The van der Waals surface area contributed by atoms with Crippen LogP contribution in [0.3, 0.4) is 0 Å². The van der Waals surface area contributed by atoms with E-state index in [9.17, 15) is 4.79 Å². The first-order valence-electron chi connectivity index (χ1n) is 8.67. The van der Waals surface area contributed by atoms with Gasteiger partial charge in [-0.1, -0.05) is 30.3 Å². The van der Waals surface area contributed by atoms with Gasteiger partial charge >= 0.3 is 0 Å². The fourth-order valence-corrected chi connectivity index (χ4v) is 3.51. The molecule has 0 unspecified atom stereocenters. The fraction of sp³-hybridized carbons (Fsp3) is 0.0909. The molecule has 0 saturated heterocycles. The molecular weight excluding hydrogens is 388 g/mol. The van der Waals surface area contributed by atoms with Gasteiger partial charge in [-0.15, -0.1) is 11.8 Å². The summed E-state index contributed by atoms with van der Waals surface area (Å²) in [5.41, 5.74) is 2.47. The average molecular weight is 409 g/mol. The predicted molar refractivity (Wildman–Crippen MR) is 121 cm³/mol. The monoisotopic (exact) mass is 408 g/mol. The topological polar surface area (TPSA) is 50.4 Å². The van der Waals surface area contributed by atoms with Gasteiger partial charge < -0.3 is 15.4 Å². The van der Waals surface area contributed by atoms with Crippen molar-refractivity contribution in [1.29, 1.82) is 0 Å². The lowest BCUT2D eigenvalue weighted by Crippen LogP contribution is -2.18. The van der Waals surface area contributed by atoms with E-state index in [1.54, 1.807) is 19.2 Å². The van der Waals surface area contributed by atoms with Crippen molar-refractivity contribution in [3.8, 4) is 5.75 Å². The highest BCUT2D eigenvalue weighted by Crippen LogP contribution is 2.22. The van der Waals surface area contributed by atoms with E-state index < -0.39 is 0 Å². The maximum absolute atomic E-state index is 12.4. The highest BCUT2D eigenvalue weighted by atomic mass is 32.2. The summed E-state index contributed by atoms with van der Waals surface area (Å²) in [6.45, 7) is 0. The van der Waals surface area contributed by atoms with E-state index >= 15 is 0 Å². The average Bonchev–Trinajstić information content (AvgIpc) is 2.73. The minimum Gasteiger partial charge on any atom is -0.497 e. The summed E-state index contributed by atoms with van der Waals surface area (Å²) >= 11 is 6.83. The Hall–Kier alpha value is -2.83. The largest absolute Gasteiger partial charge is 0.497 e. The van der Waals surface area contributed by atoms with Crippen LogP contribution in [0, 0.1) is 0 Å². The Balaban J connectivity index is 1.51. The molecule has 4 nitrogen and oxygen atoms in total. The van der Waals surface area contributed by atoms with Crippen molar-refractivity contribution in [1.82, 2.24) is 0 Å². The molecule has 0 amide bonds. The van der Waals surface area contributed by atoms with Crippen LogP contribution in [0.25, 0.3) is 0 Å². The Bertz CT molecular complexity index is 944. The molecule has 142 valence electrons. The SMILES string of the molecule is COc1cccc(C(=O)CSc2ccc(NC(=S)Nc3ccccc3)cc2)c1. The molecule has 0 aliphatic rings. The Morgan fingerprint density at radius 3 is 2.29 bits per heavy atom. The van der Waals surface area contributed by atoms with Gasteiger partial charge in [0.25, 0.3) is 0 Å². The third-order valence-electron chi connectivity index (χ3n) is 3.91.